The van der Waals surface area contributed by atoms with Gasteiger partial charge in [0, 0.05) is 218 Å². The lowest BCUT2D eigenvalue weighted by atomic mass is 9.98. The highest BCUT2D eigenvalue weighted by Crippen LogP contribution is 2.48. The highest BCUT2D eigenvalue weighted by Gasteiger charge is 2.34. The molecule has 3 aliphatic rings. The maximum Gasteiger partial charge on any atom is 0.352 e. The molecule has 24 nitrogen and oxygen atoms in total. The Hall–Kier alpha value is -12.3. The summed E-state index contributed by atoms with van der Waals surface area (Å²) in [4.78, 5) is 41.4. The molecule has 9 aromatic heterocycles. The molecule has 33 heteroatoms. The molecule has 0 spiro atoms. The van der Waals surface area contributed by atoms with Gasteiger partial charge in [-0.3, -0.25) is 28.1 Å². The van der Waals surface area contributed by atoms with E-state index in [1.807, 2.05) is 142 Å². The van der Waals surface area contributed by atoms with Crippen molar-refractivity contribution in [3.05, 3.63) is 283 Å². The van der Waals surface area contributed by atoms with Crippen molar-refractivity contribution < 1.29 is 52.7 Å². The quantitative estimate of drug-likeness (QED) is 0.148. The molecule has 0 fully saturated rings. The summed E-state index contributed by atoms with van der Waals surface area (Å²) in [5.41, 5.74) is 20.1. The molecule has 3 aliphatic heterocycles. The highest BCUT2D eigenvalue weighted by molar-refractivity contribution is 7.99. The van der Waals surface area contributed by atoms with E-state index < -0.39 is 29.5 Å². The van der Waals surface area contributed by atoms with Gasteiger partial charge in [-0.15, -0.1) is 70.6 Å². The minimum atomic E-state index is -1.04. The molecule has 3 N–H and O–H groups in total. The van der Waals surface area contributed by atoms with E-state index in [9.17, 15) is 29.7 Å². The zero-order valence-corrected chi connectivity index (χ0v) is 84.1. The van der Waals surface area contributed by atoms with Gasteiger partial charge in [-0.1, -0.05) is 90.5 Å². The van der Waals surface area contributed by atoms with Gasteiger partial charge >= 0.3 is 17.9 Å². The first-order valence-electron chi connectivity index (χ1n) is 45.4. The van der Waals surface area contributed by atoms with E-state index >= 15 is 8.78 Å². The highest BCUT2D eigenvalue weighted by atomic mass is 35.5. The van der Waals surface area contributed by atoms with Crippen LogP contribution in [-0.2, 0) is 134 Å². The molecule has 0 unspecified atom stereocenters. The number of benzene rings is 9. The number of aromatic carboxylic acids is 3. The molecule has 18 aromatic rings. The fourth-order valence-corrected chi connectivity index (χ4v) is 25.8. The third kappa shape index (κ3) is 18.5. The van der Waals surface area contributed by atoms with E-state index in [1.54, 1.807) is 115 Å². The minimum Gasteiger partial charge on any atom is -0.493 e. The van der Waals surface area contributed by atoms with Gasteiger partial charge in [0.05, 0.1) is 86.9 Å². The van der Waals surface area contributed by atoms with Gasteiger partial charge in [0.25, 0.3) is 0 Å². The van der Waals surface area contributed by atoms with Crippen molar-refractivity contribution in [2.24, 2.45) is 63.4 Å². The summed E-state index contributed by atoms with van der Waals surface area (Å²) in [5, 5.41) is 69.1. The van der Waals surface area contributed by atoms with Crippen LogP contribution < -0.4 is 14.2 Å². The van der Waals surface area contributed by atoms with Crippen molar-refractivity contribution in [2.45, 2.75) is 126 Å². The molecule has 24 bridgehead atoms. The zero-order chi connectivity index (χ0) is 96.3. The van der Waals surface area contributed by atoms with Gasteiger partial charge in [-0.25, -0.2) is 23.2 Å². The van der Waals surface area contributed by atoms with Crippen LogP contribution in [0.25, 0.3) is 98.4 Å². The fourth-order valence-electron chi connectivity index (χ4n) is 19.8. The average Bonchev–Trinajstić information content (AvgIpc) is 1.57. The molecule has 0 saturated carbocycles. The second kappa shape index (κ2) is 39.9. The number of fused-ring (bicyclic) bond motifs is 24. The van der Waals surface area contributed by atoms with Gasteiger partial charge in [-0.05, 0) is 177 Å². The third-order valence-corrected chi connectivity index (χ3v) is 32.5. The summed E-state index contributed by atoms with van der Waals surface area (Å²) in [7, 11) is 16.9. The number of aromatic nitrogens is 15. The molecule has 0 amide bonds. The van der Waals surface area contributed by atoms with E-state index in [0.29, 0.717) is 142 Å². The number of aryl methyl sites for hydroxylation is 14. The molecule has 0 radical (unpaired) electrons. The Labute approximate surface area is 826 Å². The summed E-state index contributed by atoms with van der Waals surface area (Å²) in [6.07, 6.45) is 3.30. The number of thioether (sulfide) groups is 6. The standard InChI is InChI=1S/C35H34ClN5O3S2.2C35H34FN5O3S2/c1-20-31-29(41(4)37-20)19-45-17-22-15-23(40(3)38-22)18-46-24-14-21-8-5-6-9-25(21)30(16-24)44-13-7-10-26-27-11-12-28(36)32(31)33(27)39(2)34(26)35(42)43;1-20-31-29(38-40(20)3)19-45-17-22-15-23(41(4)37-22)18-46-24-14-21-8-5-6-9-25(21)30(16-24)44-13-7-10-26-27-11-12-28(36)32(31)33(27)39(2)34(26)35(42)43;1-20-31-29(41(4)37-20)19-45-17-22-15-23(40(3)38-22)18-46-24-14-21-8-5-6-9-25(21)30(16-24)44-13-7-10-26-27-11-12-28(36)32(31)33(27)39(2)34(26)35(42)43/h3*5-6,8-9,11-12,14-16H,7,10,13,17-19H2,1-4H3,(H,42,43). The number of hydrogen-bond acceptors (Lipinski definition) is 18. The Morgan fingerprint density at radius 1 is 0.355 bits per heavy atom. The van der Waals surface area contributed by atoms with Crippen LogP contribution in [0.3, 0.4) is 0 Å². The molecule has 0 aliphatic carbocycles. The molecule has 708 valence electrons. The molecule has 0 atom stereocenters. The first-order valence-corrected chi connectivity index (χ1v) is 52.2. The first kappa shape index (κ1) is 94.7. The Bertz CT molecular complexity index is 7410. The maximum atomic E-state index is 16.0. The molecule has 0 saturated heterocycles. The predicted molar refractivity (Wildman–Crippen MR) is 552 cm³/mol. The molecule has 9 aromatic carbocycles. The molecular weight excluding hydrogens is 1880 g/mol. The number of halogens is 3. The summed E-state index contributed by atoms with van der Waals surface area (Å²) in [6.45, 7) is 7.04. The SMILES string of the molecule is Cc1c2c(nn1C)CSCc1cc(n(C)n1)CSc1cc(c3ccccc3c1)OCCCc1c(C(=O)O)n(C)c3c-2c(F)ccc13.Cc1nn(C)c2c1-c1c(Cl)ccc3c(c(C(=O)O)n(C)c13)CCCOc1cc(cc3ccccc13)SCc1cc(nn1C)CSC2.Cc1nn(C)c2c1-c1c(F)ccc3c(c(C(=O)O)n(C)c13)CCCOc1cc(cc3ccccc13)SCc1cc(nn1C)CSC2. The van der Waals surface area contributed by atoms with Gasteiger partial charge in [0.1, 0.15) is 46.0 Å². The van der Waals surface area contributed by atoms with E-state index in [2.05, 4.69) is 96.1 Å². The lowest BCUT2D eigenvalue weighted by Crippen LogP contribution is -2.09. The van der Waals surface area contributed by atoms with Crippen molar-refractivity contribution >= 4 is 165 Å². The predicted octanol–water partition coefficient (Wildman–Crippen LogP) is 23.5. The van der Waals surface area contributed by atoms with Crippen molar-refractivity contribution in [3.8, 4) is 50.6 Å². The topological polar surface area (TPSA) is 261 Å². The molecule has 138 heavy (non-hydrogen) atoms. The summed E-state index contributed by atoms with van der Waals surface area (Å²) in [6, 6.07) is 54.1. The summed E-state index contributed by atoms with van der Waals surface area (Å²) in [5.74, 6) is 4.80. The Morgan fingerprint density at radius 2 is 0.696 bits per heavy atom. The zero-order valence-electron chi connectivity index (χ0n) is 78.4. The van der Waals surface area contributed by atoms with Crippen molar-refractivity contribution in [1.29, 1.82) is 0 Å². The summed E-state index contributed by atoms with van der Waals surface area (Å²) < 4.78 is 67.5. The smallest absolute Gasteiger partial charge is 0.352 e. The average molecular weight is 1980 g/mol. The van der Waals surface area contributed by atoms with E-state index in [4.69, 9.17) is 51.3 Å². The normalized spacial score (nSPS) is 14.3. The van der Waals surface area contributed by atoms with Crippen LogP contribution in [0, 0.1) is 32.4 Å². The van der Waals surface area contributed by atoms with Crippen LogP contribution in [0.4, 0.5) is 8.78 Å². The number of carboxylic acids is 3. The number of carbonyl (C=O) groups is 3. The lowest BCUT2D eigenvalue weighted by molar-refractivity contribution is 0.0675. The number of ether oxygens (including phenoxy) is 3. The van der Waals surface area contributed by atoms with E-state index in [-0.39, 0.29) is 17.1 Å². The van der Waals surface area contributed by atoms with E-state index in [1.165, 1.54) is 12.1 Å². The lowest BCUT2D eigenvalue weighted by Gasteiger charge is -2.13. The van der Waals surface area contributed by atoms with Crippen LogP contribution in [-0.4, -0.2) is 125 Å². The first-order chi connectivity index (χ1) is 66.6. The summed E-state index contributed by atoms with van der Waals surface area (Å²) >= 11 is 17.4. The molecule has 12 heterocycles. The van der Waals surface area contributed by atoms with E-state index in [0.717, 1.165) is 188 Å². The monoisotopic (exact) mass is 1980 g/mol. The Balaban J connectivity index is 0.000000132. The van der Waals surface area contributed by atoms with Crippen LogP contribution in [0.1, 0.15) is 136 Å². The second-order valence-corrected chi connectivity index (χ2v) is 41.5. The minimum absolute atomic E-state index is 0.163. The molecular formula is C105H102ClF2N15O9S6. The Morgan fingerprint density at radius 3 is 1.07 bits per heavy atom. The maximum absolute atomic E-state index is 16.0. The Kier molecular flexibility index (Phi) is 27.4. The van der Waals surface area contributed by atoms with Crippen LogP contribution in [0.15, 0.2) is 178 Å². The number of rotatable bonds is 3. The van der Waals surface area contributed by atoms with Crippen LogP contribution >= 0.6 is 82.2 Å². The number of nitrogens with zero attached hydrogens (tertiary/aromatic N) is 15. The van der Waals surface area contributed by atoms with Gasteiger partial charge in [0.15, 0.2) is 0 Å². The van der Waals surface area contributed by atoms with Gasteiger partial charge in [-0.2, -0.15) is 30.6 Å². The number of hydrogen-bond donors (Lipinski definition) is 3. The molecule has 21 rings (SSSR count). The number of carboxylic acid groups (broad SMARTS) is 3. The van der Waals surface area contributed by atoms with Crippen molar-refractivity contribution in [1.82, 2.24) is 72.4 Å². The fraction of sp³-hybridized carbons (Fsp3) is 0.286. The van der Waals surface area contributed by atoms with Crippen LogP contribution in [0.5, 0.6) is 17.2 Å². The van der Waals surface area contributed by atoms with Crippen molar-refractivity contribution in [2.75, 3.05) is 19.8 Å². The second-order valence-electron chi connectivity index (χ2n) is 35.0. The largest absolute Gasteiger partial charge is 0.493 e. The third-order valence-electron chi connectivity index (χ3n) is 26.3. The van der Waals surface area contributed by atoms with Gasteiger partial charge in [0.2, 0.25) is 0 Å². The van der Waals surface area contributed by atoms with Gasteiger partial charge < -0.3 is 43.2 Å². The van der Waals surface area contributed by atoms with Crippen molar-refractivity contribution in [3.63, 3.8) is 0 Å². The van der Waals surface area contributed by atoms with Crippen LogP contribution in [0.2, 0.25) is 5.02 Å².